The average molecular weight is 311 g/mol. The number of fused-ring (bicyclic) bond motifs is 1. The number of nitrogens with zero attached hydrogens (tertiary/aromatic N) is 1. The number of hydrogen-bond acceptors (Lipinski definition) is 5. The average Bonchev–Trinajstić information content (AvgIpc) is 2.84. The molecule has 0 spiro atoms. The Morgan fingerprint density at radius 2 is 2.14 bits per heavy atom. The highest BCUT2D eigenvalue weighted by Crippen LogP contribution is 2.38. The van der Waals surface area contributed by atoms with Crippen LogP contribution in [0.5, 0.6) is 0 Å². The lowest BCUT2D eigenvalue weighted by molar-refractivity contribution is -0.138. The van der Waals surface area contributed by atoms with E-state index in [4.69, 9.17) is 5.11 Å². The molecule has 0 aromatic carbocycles. The third kappa shape index (κ3) is 4.17. The molecule has 1 atom stereocenters. The molecule has 0 saturated carbocycles. The van der Waals surface area contributed by atoms with E-state index in [0.29, 0.717) is 30.2 Å². The van der Waals surface area contributed by atoms with E-state index in [1.54, 1.807) is 0 Å². The predicted octanol–water partition coefficient (Wildman–Crippen LogP) is 1.97. The summed E-state index contributed by atoms with van der Waals surface area (Å²) >= 11 is 1.49. The quantitative estimate of drug-likeness (QED) is 0.773. The maximum Gasteiger partial charge on any atom is 0.312 e. The van der Waals surface area contributed by atoms with Crippen LogP contribution in [0.2, 0.25) is 0 Å². The molecule has 2 rings (SSSR count). The number of hydrogen-bond donors (Lipinski definition) is 3. The molecule has 1 amide bonds. The van der Waals surface area contributed by atoms with Gasteiger partial charge in [0.05, 0.1) is 5.69 Å². The van der Waals surface area contributed by atoms with E-state index < -0.39 is 11.9 Å². The maximum atomic E-state index is 11.7. The number of aliphatic carboxylic acids is 1. The minimum absolute atomic E-state index is 0.0116. The summed E-state index contributed by atoms with van der Waals surface area (Å²) in [4.78, 5) is 28.2. The first kappa shape index (κ1) is 15.8. The maximum absolute atomic E-state index is 11.7. The molecule has 21 heavy (non-hydrogen) atoms. The number of thiazole rings is 1. The first-order valence-corrected chi connectivity index (χ1v) is 7.85. The topological polar surface area (TPSA) is 91.3 Å². The Kier molecular flexibility index (Phi) is 4.51. The number of aryl methyl sites for hydroxylation is 1. The van der Waals surface area contributed by atoms with Crippen LogP contribution in [0.15, 0.2) is 0 Å². The Labute approximate surface area is 128 Å². The summed E-state index contributed by atoms with van der Waals surface area (Å²) in [5, 5.41) is 15.8. The second-order valence-electron chi connectivity index (χ2n) is 6.23. The van der Waals surface area contributed by atoms with Crippen LogP contribution in [0.3, 0.4) is 0 Å². The van der Waals surface area contributed by atoms with Crippen molar-refractivity contribution >= 4 is 28.3 Å². The van der Waals surface area contributed by atoms with Gasteiger partial charge in [-0.3, -0.25) is 9.59 Å². The van der Waals surface area contributed by atoms with Crippen LogP contribution >= 0.6 is 11.3 Å². The molecule has 0 fully saturated rings. The van der Waals surface area contributed by atoms with Gasteiger partial charge < -0.3 is 15.7 Å². The van der Waals surface area contributed by atoms with Crippen molar-refractivity contribution in [2.75, 3.05) is 11.9 Å². The highest BCUT2D eigenvalue weighted by molar-refractivity contribution is 7.15. The van der Waals surface area contributed by atoms with Gasteiger partial charge in [0.1, 0.15) is 5.92 Å². The van der Waals surface area contributed by atoms with Gasteiger partial charge in [-0.05, 0) is 33.6 Å². The van der Waals surface area contributed by atoms with Crippen molar-refractivity contribution in [3.63, 3.8) is 0 Å². The first-order valence-electron chi connectivity index (χ1n) is 7.03. The number of carboxylic acid groups (broad SMARTS) is 1. The van der Waals surface area contributed by atoms with E-state index in [1.165, 1.54) is 11.3 Å². The standard InChI is InChI=1S/C14H21N3O3S/c1-14(2,3)17-10(18)6-7-15-13-16-11-8(12(19)20)4-5-9(11)21-13/h8H,4-7H2,1-3H3,(H,15,16)(H,17,18)(H,19,20). The second-order valence-corrected chi connectivity index (χ2v) is 7.32. The van der Waals surface area contributed by atoms with Crippen LogP contribution in [0.25, 0.3) is 0 Å². The van der Waals surface area contributed by atoms with Crippen LogP contribution in [-0.4, -0.2) is 34.1 Å². The fourth-order valence-corrected chi connectivity index (χ4v) is 3.37. The number of amides is 1. The molecular weight excluding hydrogens is 290 g/mol. The van der Waals surface area contributed by atoms with Crippen LogP contribution < -0.4 is 10.6 Å². The molecule has 116 valence electrons. The Balaban J connectivity index is 1.84. The number of carbonyl (C=O) groups excluding carboxylic acids is 1. The normalized spacial score (nSPS) is 17.4. The molecule has 1 aromatic rings. The lowest BCUT2D eigenvalue weighted by Crippen LogP contribution is -2.41. The van der Waals surface area contributed by atoms with Crippen molar-refractivity contribution in [2.45, 2.75) is 51.5 Å². The Morgan fingerprint density at radius 3 is 2.76 bits per heavy atom. The summed E-state index contributed by atoms with van der Waals surface area (Å²) in [7, 11) is 0. The SMILES string of the molecule is CC(C)(C)NC(=O)CCNc1nc2c(s1)CCC2C(=O)O. The Morgan fingerprint density at radius 1 is 1.43 bits per heavy atom. The molecule has 0 saturated heterocycles. The monoisotopic (exact) mass is 311 g/mol. The zero-order chi connectivity index (χ0) is 15.6. The second kappa shape index (κ2) is 6.01. The summed E-state index contributed by atoms with van der Waals surface area (Å²) in [6, 6.07) is 0. The summed E-state index contributed by atoms with van der Waals surface area (Å²) in [5.74, 6) is -1.30. The summed E-state index contributed by atoms with van der Waals surface area (Å²) in [6.07, 6.45) is 1.78. The molecule has 0 bridgehead atoms. The van der Waals surface area contributed by atoms with Gasteiger partial charge in [0, 0.05) is 23.4 Å². The third-order valence-electron chi connectivity index (χ3n) is 3.16. The molecule has 0 aliphatic heterocycles. The number of anilines is 1. The van der Waals surface area contributed by atoms with Gasteiger partial charge in [-0.2, -0.15) is 0 Å². The fraction of sp³-hybridized carbons (Fsp3) is 0.643. The Hall–Kier alpha value is -1.63. The van der Waals surface area contributed by atoms with Crippen LogP contribution in [-0.2, 0) is 16.0 Å². The van der Waals surface area contributed by atoms with Crippen molar-refractivity contribution in [2.24, 2.45) is 0 Å². The lowest BCUT2D eigenvalue weighted by atomic mass is 10.1. The highest BCUT2D eigenvalue weighted by atomic mass is 32.1. The van der Waals surface area contributed by atoms with Crippen molar-refractivity contribution in [1.29, 1.82) is 0 Å². The molecule has 1 aliphatic rings. The zero-order valence-corrected chi connectivity index (χ0v) is 13.3. The number of rotatable bonds is 5. The van der Waals surface area contributed by atoms with Crippen molar-refractivity contribution in [3.8, 4) is 0 Å². The van der Waals surface area contributed by atoms with Gasteiger partial charge in [-0.25, -0.2) is 4.98 Å². The van der Waals surface area contributed by atoms with Crippen molar-refractivity contribution in [1.82, 2.24) is 10.3 Å². The largest absolute Gasteiger partial charge is 0.481 e. The number of aromatic nitrogens is 1. The summed E-state index contributed by atoms with van der Waals surface area (Å²) < 4.78 is 0. The lowest BCUT2D eigenvalue weighted by Gasteiger charge is -2.20. The van der Waals surface area contributed by atoms with Gasteiger partial charge in [-0.1, -0.05) is 0 Å². The Bertz CT molecular complexity index is 548. The van der Waals surface area contributed by atoms with Crippen LogP contribution in [0.4, 0.5) is 5.13 Å². The van der Waals surface area contributed by atoms with Crippen molar-refractivity contribution < 1.29 is 14.7 Å². The molecule has 3 N–H and O–H groups in total. The van der Waals surface area contributed by atoms with Crippen LogP contribution in [0.1, 0.15) is 50.1 Å². The van der Waals surface area contributed by atoms with Gasteiger partial charge in [0.2, 0.25) is 5.91 Å². The first-order chi connectivity index (χ1) is 9.76. The van der Waals surface area contributed by atoms with Crippen LogP contribution in [0, 0.1) is 0 Å². The third-order valence-corrected chi connectivity index (χ3v) is 4.25. The summed E-state index contributed by atoms with van der Waals surface area (Å²) in [6.45, 7) is 6.31. The van der Waals surface area contributed by atoms with Gasteiger partial charge in [0.15, 0.2) is 5.13 Å². The van der Waals surface area contributed by atoms with Gasteiger partial charge >= 0.3 is 5.97 Å². The number of carbonyl (C=O) groups is 2. The molecule has 7 heteroatoms. The number of nitrogens with one attached hydrogen (secondary N) is 2. The van der Waals surface area contributed by atoms with E-state index in [1.807, 2.05) is 20.8 Å². The van der Waals surface area contributed by atoms with E-state index in [-0.39, 0.29) is 11.4 Å². The van der Waals surface area contributed by atoms with Gasteiger partial charge in [-0.15, -0.1) is 11.3 Å². The van der Waals surface area contributed by atoms with E-state index in [0.717, 1.165) is 11.3 Å². The molecule has 6 nitrogen and oxygen atoms in total. The van der Waals surface area contributed by atoms with E-state index in [9.17, 15) is 9.59 Å². The fourth-order valence-electron chi connectivity index (χ4n) is 2.31. The van der Waals surface area contributed by atoms with E-state index >= 15 is 0 Å². The highest BCUT2D eigenvalue weighted by Gasteiger charge is 2.32. The molecular formula is C14H21N3O3S. The van der Waals surface area contributed by atoms with E-state index in [2.05, 4.69) is 15.6 Å². The van der Waals surface area contributed by atoms with Gasteiger partial charge in [0.25, 0.3) is 0 Å². The predicted molar refractivity (Wildman–Crippen MR) is 81.8 cm³/mol. The minimum Gasteiger partial charge on any atom is -0.481 e. The van der Waals surface area contributed by atoms with Crippen molar-refractivity contribution in [3.05, 3.63) is 10.6 Å². The summed E-state index contributed by atoms with van der Waals surface area (Å²) in [5.41, 5.74) is 0.461. The molecule has 1 aromatic heterocycles. The molecule has 1 unspecified atom stereocenters. The molecule has 0 radical (unpaired) electrons. The molecule has 1 aliphatic carbocycles. The minimum atomic E-state index is -0.810. The molecule has 1 heterocycles. The zero-order valence-electron chi connectivity index (χ0n) is 12.5. The smallest absolute Gasteiger partial charge is 0.312 e. The number of carboxylic acids is 1.